The number of nitrogens with two attached hydrogens (primary N) is 1. The number of hydrogen-bond acceptors (Lipinski definition) is 4. The van der Waals surface area contributed by atoms with Gasteiger partial charge in [0, 0.05) is 17.7 Å². The van der Waals surface area contributed by atoms with Crippen molar-refractivity contribution in [1.29, 1.82) is 0 Å². The first-order chi connectivity index (χ1) is 6.75. The van der Waals surface area contributed by atoms with E-state index >= 15 is 0 Å². The molecule has 1 aromatic heterocycles. The fraction of sp³-hybridized carbons (Fsp3) is 0.600. The molecule has 1 aliphatic carbocycles. The molecule has 2 rings (SSSR count). The van der Waals surface area contributed by atoms with Crippen LogP contribution < -0.4 is 5.73 Å². The number of thiazole rings is 1. The molecule has 0 spiro atoms. The van der Waals surface area contributed by atoms with E-state index in [1.54, 1.807) is 0 Å². The lowest BCUT2D eigenvalue weighted by Crippen LogP contribution is -2.13. The van der Waals surface area contributed by atoms with Crippen molar-refractivity contribution in [3.8, 4) is 0 Å². The van der Waals surface area contributed by atoms with Crippen LogP contribution in [0.4, 0.5) is 5.13 Å². The van der Waals surface area contributed by atoms with Crippen molar-refractivity contribution >= 4 is 22.3 Å². The third-order valence-electron chi connectivity index (χ3n) is 2.74. The molecule has 0 saturated heterocycles. The minimum Gasteiger partial charge on any atom is -0.375 e. The Morgan fingerprint density at radius 2 is 2.29 bits per heavy atom. The molecule has 1 aliphatic rings. The van der Waals surface area contributed by atoms with E-state index in [0.29, 0.717) is 17.3 Å². The zero-order valence-electron chi connectivity index (χ0n) is 8.03. The summed E-state index contributed by atoms with van der Waals surface area (Å²) in [5, 5.41) is 2.43. The van der Waals surface area contributed by atoms with E-state index in [0.717, 1.165) is 18.5 Å². The molecule has 0 atom stereocenters. The van der Waals surface area contributed by atoms with Gasteiger partial charge < -0.3 is 5.73 Å². The molecule has 4 heteroatoms. The number of anilines is 1. The van der Waals surface area contributed by atoms with Gasteiger partial charge in [-0.25, -0.2) is 4.98 Å². The average molecular weight is 210 g/mol. The Morgan fingerprint density at radius 3 is 2.86 bits per heavy atom. The molecular weight excluding hydrogens is 196 g/mol. The van der Waals surface area contributed by atoms with Crippen LogP contribution in [0, 0.1) is 5.92 Å². The fourth-order valence-corrected chi connectivity index (χ4v) is 2.54. The van der Waals surface area contributed by atoms with E-state index in [4.69, 9.17) is 5.73 Å². The largest absolute Gasteiger partial charge is 0.375 e. The molecule has 76 valence electrons. The van der Waals surface area contributed by atoms with Crippen LogP contribution in [0.2, 0.25) is 0 Å². The minimum absolute atomic E-state index is 0.290. The van der Waals surface area contributed by atoms with Crippen LogP contribution in [-0.2, 0) is 11.2 Å². The van der Waals surface area contributed by atoms with E-state index in [1.807, 2.05) is 5.38 Å². The Hall–Kier alpha value is -0.900. The number of hydrogen-bond donors (Lipinski definition) is 1. The fourth-order valence-electron chi connectivity index (χ4n) is 1.97. The number of carbonyl (C=O) groups is 1. The number of ketones is 1. The first kappa shape index (κ1) is 9.65. The van der Waals surface area contributed by atoms with Gasteiger partial charge in [0.2, 0.25) is 0 Å². The van der Waals surface area contributed by atoms with Gasteiger partial charge in [-0.1, -0.05) is 12.8 Å². The van der Waals surface area contributed by atoms with E-state index in [-0.39, 0.29) is 5.92 Å². The third kappa shape index (κ3) is 2.12. The van der Waals surface area contributed by atoms with E-state index in [9.17, 15) is 4.79 Å². The summed E-state index contributed by atoms with van der Waals surface area (Å²) < 4.78 is 0. The number of Topliss-reactive ketones (excluding diaryl/α,β-unsaturated/α-hetero) is 1. The number of rotatable bonds is 3. The summed E-state index contributed by atoms with van der Waals surface area (Å²) in [7, 11) is 0. The molecule has 1 saturated carbocycles. The van der Waals surface area contributed by atoms with E-state index in [2.05, 4.69) is 4.98 Å². The van der Waals surface area contributed by atoms with Gasteiger partial charge in [-0.15, -0.1) is 11.3 Å². The van der Waals surface area contributed by atoms with Crippen LogP contribution in [0.25, 0.3) is 0 Å². The van der Waals surface area contributed by atoms with Gasteiger partial charge in [-0.3, -0.25) is 4.79 Å². The maximum Gasteiger partial charge on any atom is 0.180 e. The first-order valence-electron chi connectivity index (χ1n) is 4.98. The highest BCUT2D eigenvalue weighted by Crippen LogP contribution is 2.26. The third-order valence-corrected chi connectivity index (χ3v) is 3.46. The van der Waals surface area contributed by atoms with Crippen LogP contribution in [0.5, 0.6) is 0 Å². The normalized spacial score (nSPS) is 17.4. The zero-order valence-corrected chi connectivity index (χ0v) is 8.85. The molecule has 0 amide bonds. The summed E-state index contributed by atoms with van der Waals surface area (Å²) in [6.45, 7) is 0. The summed E-state index contributed by atoms with van der Waals surface area (Å²) in [4.78, 5) is 15.8. The number of carbonyl (C=O) groups excluding carboxylic acids is 1. The van der Waals surface area contributed by atoms with E-state index < -0.39 is 0 Å². The second kappa shape index (κ2) is 4.09. The van der Waals surface area contributed by atoms with Gasteiger partial charge in [-0.05, 0) is 12.8 Å². The Morgan fingerprint density at radius 1 is 1.57 bits per heavy atom. The van der Waals surface area contributed by atoms with Crippen LogP contribution in [0.3, 0.4) is 0 Å². The quantitative estimate of drug-likeness (QED) is 0.830. The van der Waals surface area contributed by atoms with Crippen LogP contribution >= 0.6 is 11.3 Å². The highest BCUT2D eigenvalue weighted by atomic mass is 32.1. The molecular formula is C10H14N2OS. The van der Waals surface area contributed by atoms with Crippen molar-refractivity contribution < 1.29 is 4.79 Å². The minimum atomic E-state index is 0.290. The molecule has 0 aliphatic heterocycles. The molecule has 1 fully saturated rings. The number of nitrogen functional groups attached to an aromatic ring is 1. The highest BCUT2D eigenvalue weighted by Gasteiger charge is 2.22. The van der Waals surface area contributed by atoms with Gasteiger partial charge in [0.1, 0.15) is 5.78 Å². The number of nitrogens with zero attached hydrogens (tertiary/aromatic N) is 1. The molecule has 0 aromatic carbocycles. The first-order valence-corrected chi connectivity index (χ1v) is 5.86. The van der Waals surface area contributed by atoms with Crippen molar-refractivity contribution in [3.63, 3.8) is 0 Å². The van der Waals surface area contributed by atoms with E-state index in [1.165, 1.54) is 24.2 Å². The van der Waals surface area contributed by atoms with Crippen LogP contribution in [-0.4, -0.2) is 10.8 Å². The highest BCUT2D eigenvalue weighted by molar-refractivity contribution is 7.13. The summed E-state index contributed by atoms with van der Waals surface area (Å²) in [6.07, 6.45) is 5.01. The van der Waals surface area contributed by atoms with Gasteiger partial charge >= 0.3 is 0 Å². The van der Waals surface area contributed by atoms with Crippen LogP contribution in [0.1, 0.15) is 31.4 Å². The Kier molecular flexibility index (Phi) is 2.82. The van der Waals surface area contributed by atoms with Crippen molar-refractivity contribution in [1.82, 2.24) is 4.98 Å². The Bertz CT molecular complexity index is 329. The molecule has 1 aromatic rings. The molecule has 0 unspecified atom stereocenters. The smallest absolute Gasteiger partial charge is 0.180 e. The zero-order chi connectivity index (χ0) is 9.97. The lowest BCUT2D eigenvalue weighted by atomic mass is 9.99. The van der Waals surface area contributed by atoms with Gasteiger partial charge in [0.15, 0.2) is 5.13 Å². The predicted molar refractivity (Wildman–Crippen MR) is 57.2 cm³/mol. The summed E-state index contributed by atoms with van der Waals surface area (Å²) in [5.41, 5.74) is 6.34. The predicted octanol–water partition coefficient (Wildman–Crippen LogP) is 2.03. The summed E-state index contributed by atoms with van der Waals surface area (Å²) in [6, 6.07) is 0. The van der Waals surface area contributed by atoms with Crippen LogP contribution in [0.15, 0.2) is 5.38 Å². The molecule has 0 radical (unpaired) electrons. The van der Waals surface area contributed by atoms with Crippen molar-refractivity contribution in [3.05, 3.63) is 11.1 Å². The SMILES string of the molecule is Nc1nc(CC(=O)C2CCCC2)cs1. The average Bonchev–Trinajstić information content (AvgIpc) is 2.75. The molecule has 2 N–H and O–H groups in total. The van der Waals surface area contributed by atoms with Crippen molar-refractivity contribution in [2.45, 2.75) is 32.1 Å². The number of aromatic nitrogens is 1. The second-order valence-corrected chi connectivity index (χ2v) is 4.69. The lowest BCUT2D eigenvalue weighted by Gasteiger charge is -2.05. The van der Waals surface area contributed by atoms with Gasteiger partial charge in [0.05, 0.1) is 5.69 Å². The standard InChI is InChI=1S/C10H14N2OS/c11-10-12-8(6-14-10)5-9(13)7-3-1-2-4-7/h6-7H,1-5H2,(H2,11,12). The molecule has 3 nitrogen and oxygen atoms in total. The van der Waals surface area contributed by atoms with Gasteiger partial charge in [-0.2, -0.15) is 0 Å². The van der Waals surface area contributed by atoms with Crippen molar-refractivity contribution in [2.75, 3.05) is 5.73 Å². The summed E-state index contributed by atoms with van der Waals surface area (Å²) in [5.74, 6) is 0.630. The molecule has 1 heterocycles. The topological polar surface area (TPSA) is 56.0 Å². The van der Waals surface area contributed by atoms with Gasteiger partial charge in [0.25, 0.3) is 0 Å². The Balaban J connectivity index is 1.93. The maximum atomic E-state index is 11.7. The summed E-state index contributed by atoms with van der Waals surface area (Å²) >= 11 is 1.40. The monoisotopic (exact) mass is 210 g/mol. The second-order valence-electron chi connectivity index (χ2n) is 3.80. The molecule has 14 heavy (non-hydrogen) atoms. The Labute approximate surface area is 87.3 Å². The maximum absolute atomic E-state index is 11.7. The molecule has 0 bridgehead atoms. The van der Waals surface area contributed by atoms with Crippen molar-refractivity contribution in [2.24, 2.45) is 5.92 Å². The lowest BCUT2D eigenvalue weighted by molar-refractivity contribution is -0.122.